The topological polar surface area (TPSA) is 237 Å². The van der Waals surface area contributed by atoms with Crippen molar-refractivity contribution in [3.05, 3.63) is 0 Å². The van der Waals surface area contributed by atoms with E-state index in [0.29, 0.717) is 19.8 Å². The van der Waals surface area contributed by atoms with Crippen LogP contribution in [0.2, 0.25) is 0 Å². The van der Waals surface area contributed by atoms with Crippen molar-refractivity contribution in [2.24, 2.45) is 0 Å². The van der Waals surface area contributed by atoms with E-state index >= 15 is 0 Å². The minimum Gasteiger partial charge on any atom is -0.394 e. The summed E-state index contributed by atoms with van der Waals surface area (Å²) in [7, 11) is 0. The number of hydrogen-bond acceptors (Lipinski definition) is 15. The lowest BCUT2D eigenvalue weighted by Gasteiger charge is -2.24. The first-order chi connectivity index (χ1) is 30.6. The van der Waals surface area contributed by atoms with Crippen LogP contribution in [0.4, 0.5) is 0 Å². The Morgan fingerprint density at radius 2 is 0.818 bits per heavy atom. The number of rotatable bonds is 36. The van der Waals surface area contributed by atoms with Gasteiger partial charge in [-0.15, -0.1) is 0 Å². The Morgan fingerprint density at radius 1 is 0.439 bits per heavy atom. The number of hydrogen-bond donors (Lipinski definition) is 9. The summed E-state index contributed by atoms with van der Waals surface area (Å²) in [5, 5.41) is 85.6. The molecule has 12 atom stereocenters. The molecule has 0 aromatic heterocycles. The highest BCUT2D eigenvalue weighted by Gasteiger charge is 2.42. The van der Waals surface area contributed by atoms with E-state index < -0.39 is 73.2 Å². The first-order valence-corrected chi connectivity index (χ1v) is 25.2. The van der Waals surface area contributed by atoms with Gasteiger partial charge >= 0.3 is 0 Å². The summed E-state index contributed by atoms with van der Waals surface area (Å²) in [5.74, 6) is 0. The summed E-state index contributed by atoms with van der Waals surface area (Å²) >= 11 is 0. The van der Waals surface area contributed by atoms with Crippen molar-refractivity contribution >= 4 is 40.5 Å². The third-order valence-corrected chi connectivity index (χ3v) is 12.1. The molecule has 0 unspecified atom stereocenters. The average Bonchev–Trinajstić information content (AvgIpc) is 3.95. The summed E-state index contributed by atoms with van der Waals surface area (Å²) < 4.78 is 32.4. The van der Waals surface area contributed by atoms with E-state index in [1.165, 1.54) is 116 Å². The Hall–Kier alpha value is 0.450. The molecular formula is C48H102O15S3. The lowest BCUT2D eigenvalue weighted by atomic mass is 10.1. The van der Waals surface area contributed by atoms with Crippen molar-refractivity contribution in [2.75, 3.05) is 59.5 Å². The molecule has 0 aromatic carbocycles. The van der Waals surface area contributed by atoms with E-state index in [-0.39, 0.29) is 80.1 Å². The Kier molecular flexibility index (Phi) is 51.2. The normalized spacial score (nSPS) is 25.9. The Labute approximate surface area is 420 Å². The van der Waals surface area contributed by atoms with Crippen LogP contribution in [0.25, 0.3) is 0 Å². The summed E-state index contributed by atoms with van der Waals surface area (Å²) in [6, 6.07) is 0. The maximum Gasteiger partial charge on any atom is 0.114 e. The summed E-state index contributed by atoms with van der Waals surface area (Å²) in [6.45, 7) is 8.30. The molecule has 0 radical (unpaired) electrons. The zero-order valence-corrected chi connectivity index (χ0v) is 44.2. The molecule has 3 aliphatic heterocycles. The van der Waals surface area contributed by atoms with Gasteiger partial charge in [0.15, 0.2) is 0 Å². The van der Waals surface area contributed by atoms with Gasteiger partial charge < -0.3 is 74.4 Å². The van der Waals surface area contributed by atoms with Crippen LogP contribution < -0.4 is 0 Å². The van der Waals surface area contributed by atoms with Crippen LogP contribution in [-0.2, 0) is 28.4 Å². The minimum absolute atomic E-state index is 0. The molecular weight excluding hydrogens is 913 g/mol. The van der Waals surface area contributed by atoms with Gasteiger partial charge in [0.05, 0.1) is 39.6 Å². The van der Waals surface area contributed by atoms with Gasteiger partial charge in [0.1, 0.15) is 73.2 Å². The van der Waals surface area contributed by atoms with Gasteiger partial charge in [-0.3, -0.25) is 0 Å². The molecule has 0 amide bonds. The zero-order valence-electron chi connectivity index (χ0n) is 41.2. The van der Waals surface area contributed by atoms with Crippen LogP contribution in [-0.4, -0.2) is 179 Å². The molecule has 402 valence electrons. The molecule has 3 heterocycles. The van der Waals surface area contributed by atoms with Crippen molar-refractivity contribution in [2.45, 2.75) is 248 Å². The maximum absolute atomic E-state index is 9.84. The van der Waals surface area contributed by atoms with Crippen molar-refractivity contribution in [1.29, 1.82) is 0 Å². The van der Waals surface area contributed by atoms with E-state index in [1.807, 2.05) is 0 Å². The van der Waals surface area contributed by atoms with E-state index in [4.69, 9.17) is 33.5 Å². The van der Waals surface area contributed by atoms with Crippen LogP contribution in [0, 0.1) is 0 Å². The monoisotopic (exact) mass is 1010 g/mol. The van der Waals surface area contributed by atoms with Gasteiger partial charge in [0.25, 0.3) is 0 Å². The first kappa shape index (κ1) is 70.7. The standard InChI is InChI=1S/3C16H32O5.3H2S/c1-2-3-4-5-6-7-8-9-10-20-11-14(18)16-15(19)13(17)12-21-16;1-2-3-4-5-6-7-8-9-10-20-14(11-17)16-15(19)13(18)12-21-16;1-2-3-4-5-6-7-8-9-10-20-16-14(19)12-21-15(16)13(18)11-17;;;/h3*13-19H,2-12H2,1H3;3*1H2/t2*13-,14+,15+,16+;13-,14+,15-,16-;;;/m001.../s1. The molecule has 3 saturated heterocycles. The molecule has 0 aliphatic carbocycles. The molecule has 15 nitrogen and oxygen atoms in total. The molecule has 3 fully saturated rings. The second-order valence-corrected chi connectivity index (χ2v) is 17.8. The predicted molar refractivity (Wildman–Crippen MR) is 275 cm³/mol. The van der Waals surface area contributed by atoms with Crippen LogP contribution in [0.3, 0.4) is 0 Å². The summed E-state index contributed by atoms with van der Waals surface area (Å²) in [5.41, 5.74) is 0. The molecule has 3 aliphatic rings. The molecule has 0 saturated carbocycles. The highest BCUT2D eigenvalue weighted by molar-refractivity contribution is 7.59. The SMILES string of the molecule is CCCCCCCCCCOC[C@@H](O)[C@H]1OC[C@H](O)[C@H]1O.CCCCCCCCCCO[C@H](CO)[C@H]1OC[C@H](O)[C@H]1O.CCCCCCCCCCO[C@H]1[C@@H]([C@H](O)CO)OC[C@@H]1O.S.S.S. The molecule has 66 heavy (non-hydrogen) atoms. The maximum atomic E-state index is 9.84. The van der Waals surface area contributed by atoms with Gasteiger partial charge in [-0.2, -0.15) is 40.5 Å². The zero-order chi connectivity index (χ0) is 46.5. The van der Waals surface area contributed by atoms with Gasteiger partial charge in [-0.05, 0) is 19.3 Å². The van der Waals surface area contributed by atoms with Gasteiger partial charge in [0.2, 0.25) is 0 Å². The molecule has 0 bridgehead atoms. The second kappa shape index (κ2) is 47.8. The number of aliphatic hydroxyl groups excluding tert-OH is 9. The van der Waals surface area contributed by atoms with Crippen molar-refractivity contribution < 1.29 is 74.4 Å². The summed E-state index contributed by atoms with van der Waals surface area (Å²) in [6.07, 6.45) is 20.2. The predicted octanol–water partition coefficient (Wildman–Crippen LogP) is 5.21. The lowest BCUT2D eigenvalue weighted by molar-refractivity contribution is -0.101. The van der Waals surface area contributed by atoms with Crippen molar-refractivity contribution in [3.8, 4) is 0 Å². The van der Waals surface area contributed by atoms with Crippen molar-refractivity contribution in [3.63, 3.8) is 0 Å². The Balaban J connectivity index is -0.000000882. The average molecular weight is 1020 g/mol. The van der Waals surface area contributed by atoms with Gasteiger partial charge in [-0.25, -0.2) is 0 Å². The number of aliphatic hydroxyl groups is 9. The summed E-state index contributed by atoms with van der Waals surface area (Å²) in [4.78, 5) is 0. The molecule has 9 N–H and O–H groups in total. The fraction of sp³-hybridized carbons (Fsp3) is 1.00. The highest BCUT2D eigenvalue weighted by atomic mass is 32.1. The fourth-order valence-corrected chi connectivity index (χ4v) is 7.99. The number of ether oxygens (including phenoxy) is 6. The van der Waals surface area contributed by atoms with E-state index in [9.17, 15) is 40.9 Å². The van der Waals surface area contributed by atoms with E-state index in [2.05, 4.69) is 20.8 Å². The third-order valence-electron chi connectivity index (χ3n) is 12.1. The van der Waals surface area contributed by atoms with Crippen LogP contribution in [0.15, 0.2) is 0 Å². The fourth-order valence-electron chi connectivity index (χ4n) is 7.99. The first-order valence-electron chi connectivity index (χ1n) is 25.2. The van der Waals surface area contributed by atoms with Gasteiger partial charge in [0, 0.05) is 19.8 Å². The van der Waals surface area contributed by atoms with Gasteiger partial charge in [-0.1, -0.05) is 156 Å². The van der Waals surface area contributed by atoms with Crippen LogP contribution in [0.1, 0.15) is 175 Å². The highest BCUT2D eigenvalue weighted by Crippen LogP contribution is 2.23. The van der Waals surface area contributed by atoms with E-state index in [1.54, 1.807) is 0 Å². The quantitative estimate of drug-likeness (QED) is 0.0366. The molecule has 3 rings (SSSR count). The van der Waals surface area contributed by atoms with Crippen LogP contribution >= 0.6 is 40.5 Å². The number of unbranched alkanes of at least 4 members (excludes halogenated alkanes) is 21. The Morgan fingerprint density at radius 3 is 1.23 bits per heavy atom. The lowest BCUT2D eigenvalue weighted by Crippen LogP contribution is -2.42. The largest absolute Gasteiger partial charge is 0.394 e. The molecule has 0 spiro atoms. The van der Waals surface area contributed by atoms with E-state index in [0.717, 1.165) is 38.5 Å². The van der Waals surface area contributed by atoms with Crippen molar-refractivity contribution in [1.82, 2.24) is 0 Å². The Bertz CT molecular complexity index is 1000. The second-order valence-electron chi connectivity index (χ2n) is 17.8. The van der Waals surface area contributed by atoms with Crippen LogP contribution in [0.5, 0.6) is 0 Å². The smallest absolute Gasteiger partial charge is 0.114 e. The minimum atomic E-state index is -1.02. The third kappa shape index (κ3) is 32.4. The molecule has 18 heteroatoms. The molecule has 0 aromatic rings.